The summed E-state index contributed by atoms with van der Waals surface area (Å²) in [7, 11) is 1.30. The minimum Gasteiger partial charge on any atom is -0.469 e. The molecule has 0 aromatic carbocycles. The van der Waals surface area contributed by atoms with E-state index in [1.807, 2.05) is 0 Å². The molecule has 1 aliphatic heterocycles. The molecular weight excluding hydrogens is 222 g/mol. The number of amides is 1. The predicted octanol–water partition coefficient (Wildman–Crippen LogP) is 0.743. The van der Waals surface area contributed by atoms with Gasteiger partial charge in [-0.25, -0.2) is 0 Å². The first-order valence-corrected chi connectivity index (χ1v) is 5.77. The molecule has 5 heteroatoms. The smallest absolute Gasteiger partial charge is 0.308 e. The van der Waals surface area contributed by atoms with Crippen LogP contribution in [0.3, 0.4) is 0 Å². The topological polar surface area (TPSA) is 55.8 Å². The number of hydrogen-bond acceptors (Lipinski definition) is 4. The Hall–Kier alpha value is -1.36. The van der Waals surface area contributed by atoms with E-state index in [2.05, 4.69) is 11.3 Å². The van der Waals surface area contributed by atoms with Crippen molar-refractivity contribution in [2.75, 3.05) is 26.8 Å². The maximum Gasteiger partial charge on any atom is 0.308 e. The molecule has 0 aromatic rings. The van der Waals surface area contributed by atoms with Crippen LogP contribution in [0.1, 0.15) is 19.3 Å². The van der Waals surface area contributed by atoms with Gasteiger partial charge in [-0.15, -0.1) is 6.58 Å². The number of hydrogen-bond donors (Lipinski definition) is 0. The maximum atomic E-state index is 12.1. The van der Waals surface area contributed by atoms with E-state index < -0.39 is 12.1 Å². The number of carbonyl (C=O) groups excluding carboxylic acids is 2. The maximum absolute atomic E-state index is 12.1. The second-order valence-electron chi connectivity index (χ2n) is 3.92. The molecule has 0 aromatic heterocycles. The Labute approximate surface area is 101 Å². The van der Waals surface area contributed by atoms with Crippen molar-refractivity contribution in [1.82, 2.24) is 4.90 Å². The van der Waals surface area contributed by atoms with Crippen molar-refractivity contribution in [2.45, 2.75) is 25.4 Å². The number of carbonyl (C=O) groups is 2. The van der Waals surface area contributed by atoms with Crippen molar-refractivity contribution < 1.29 is 19.1 Å². The second-order valence-corrected chi connectivity index (χ2v) is 3.92. The van der Waals surface area contributed by atoms with Crippen molar-refractivity contribution in [1.29, 1.82) is 0 Å². The molecule has 1 fully saturated rings. The Bertz CT molecular complexity index is 284. The molecule has 17 heavy (non-hydrogen) atoms. The summed E-state index contributed by atoms with van der Waals surface area (Å²) in [5, 5.41) is 0. The van der Waals surface area contributed by atoms with E-state index in [0.29, 0.717) is 0 Å². The molecule has 1 heterocycles. The third-order valence-corrected chi connectivity index (χ3v) is 2.69. The number of esters is 1. The van der Waals surface area contributed by atoms with Crippen LogP contribution in [0.15, 0.2) is 12.7 Å². The lowest BCUT2D eigenvalue weighted by Crippen LogP contribution is -2.40. The molecule has 0 unspecified atom stereocenters. The lowest BCUT2D eigenvalue weighted by atomic mass is 10.2. The van der Waals surface area contributed by atoms with E-state index in [9.17, 15) is 9.59 Å². The third-order valence-electron chi connectivity index (χ3n) is 2.69. The minimum absolute atomic E-state index is 0.0420. The summed E-state index contributed by atoms with van der Waals surface area (Å²) < 4.78 is 9.89. The zero-order valence-electron chi connectivity index (χ0n) is 10.2. The highest BCUT2D eigenvalue weighted by Gasteiger charge is 2.29. The fourth-order valence-electron chi connectivity index (χ4n) is 1.78. The molecule has 0 N–H and O–H groups in total. The largest absolute Gasteiger partial charge is 0.469 e. The molecule has 0 spiro atoms. The first-order chi connectivity index (χ1) is 8.19. The van der Waals surface area contributed by atoms with Gasteiger partial charge in [-0.05, 0) is 12.8 Å². The number of nitrogens with zero attached hydrogens (tertiary/aromatic N) is 1. The third kappa shape index (κ3) is 4.19. The quantitative estimate of drug-likeness (QED) is 0.508. The van der Waals surface area contributed by atoms with Crippen LogP contribution in [-0.2, 0) is 19.1 Å². The Kier molecular flexibility index (Phi) is 5.69. The first kappa shape index (κ1) is 13.7. The zero-order chi connectivity index (χ0) is 12.7. The molecule has 0 radical (unpaired) electrons. The highest BCUT2D eigenvalue weighted by Crippen LogP contribution is 2.13. The van der Waals surface area contributed by atoms with Gasteiger partial charge >= 0.3 is 5.97 Å². The van der Waals surface area contributed by atoms with Crippen molar-refractivity contribution >= 4 is 11.9 Å². The monoisotopic (exact) mass is 241 g/mol. The van der Waals surface area contributed by atoms with E-state index in [1.165, 1.54) is 7.11 Å². The number of likely N-dealkylation sites (tertiary alicyclic amines) is 1. The predicted molar refractivity (Wildman–Crippen MR) is 62.4 cm³/mol. The number of methoxy groups -OCH3 is 1. The Morgan fingerprint density at radius 1 is 1.41 bits per heavy atom. The van der Waals surface area contributed by atoms with Gasteiger partial charge in [0.1, 0.15) is 6.10 Å². The Balaban J connectivity index is 2.56. The fourth-order valence-corrected chi connectivity index (χ4v) is 1.78. The van der Waals surface area contributed by atoms with Gasteiger partial charge in [0.25, 0.3) is 5.91 Å². The molecule has 5 nitrogen and oxygen atoms in total. The van der Waals surface area contributed by atoms with Crippen LogP contribution in [0.5, 0.6) is 0 Å². The van der Waals surface area contributed by atoms with E-state index in [4.69, 9.17) is 4.74 Å². The molecular formula is C12H19NO4. The molecule has 1 rings (SSSR count). The lowest BCUT2D eigenvalue weighted by molar-refractivity contribution is -0.152. The van der Waals surface area contributed by atoms with Crippen molar-refractivity contribution in [3.8, 4) is 0 Å². The molecule has 1 saturated heterocycles. The minimum atomic E-state index is -0.751. The average molecular weight is 241 g/mol. The van der Waals surface area contributed by atoms with Crippen LogP contribution in [-0.4, -0.2) is 49.7 Å². The number of ether oxygens (including phenoxy) is 2. The van der Waals surface area contributed by atoms with Gasteiger partial charge in [0.15, 0.2) is 0 Å². The summed E-state index contributed by atoms with van der Waals surface area (Å²) in [6.45, 7) is 5.26. The van der Waals surface area contributed by atoms with Crippen molar-refractivity contribution in [3.05, 3.63) is 12.7 Å². The Morgan fingerprint density at radius 3 is 2.59 bits per heavy atom. The summed E-state index contributed by atoms with van der Waals surface area (Å²) in [5.41, 5.74) is 0. The van der Waals surface area contributed by atoms with E-state index in [1.54, 1.807) is 11.0 Å². The lowest BCUT2D eigenvalue weighted by Gasteiger charge is -2.22. The second kappa shape index (κ2) is 7.06. The molecule has 1 atom stereocenters. The Morgan fingerprint density at radius 2 is 2.06 bits per heavy atom. The summed E-state index contributed by atoms with van der Waals surface area (Å²) >= 11 is 0. The summed E-state index contributed by atoms with van der Waals surface area (Å²) in [5.74, 6) is -0.568. The molecule has 0 saturated carbocycles. The van der Waals surface area contributed by atoms with E-state index in [0.717, 1.165) is 25.9 Å². The van der Waals surface area contributed by atoms with Crippen molar-refractivity contribution in [2.24, 2.45) is 0 Å². The van der Waals surface area contributed by atoms with Gasteiger partial charge < -0.3 is 14.4 Å². The van der Waals surface area contributed by atoms with Gasteiger partial charge in [0, 0.05) is 13.1 Å². The van der Waals surface area contributed by atoms with Crippen LogP contribution in [0, 0.1) is 0 Å². The summed E-state index contributed by atoms with van der Waals surface area (Å²) in [4.78, 5) is 25.0. The van der Waals surface area contributed by atoms with Crippen LogP contribution in [0.25, 0.3) is 0 Å². The molecule has 1 amide bonds. The van der Waals surface area contributed by atoms with Crippen LogP contribution >= 0.6 is 0 Å². The molecule has 0 aliphatic carbocycles. The summed E-state index contributed by atoms with van der Waals surface area (Å²) in [6.07, 6.45) is 2.79. The molecule has 96 valence electrons. The van der Waals surface area contributed by atoms with E-state index in [-0.39, 0.29) is 18.9 Å². The van der Waals surface area contributed by atoms with Gasteiger partial charge in [0.05, 0.1) is 20.1 Å². The fraction of sp³-hybridized carbons (Fsp3) is 0.667. The summed E-state index contributed by atoms with van der Waals surface area (Å²) in [6, 6.07) is 0. The van der Waals surface area contributed by atoms with Gasteiger partial charge in [-0.3, -0.25) is 9.59 Å². The molecule has 1 aliphatic rings. The standard InChI is InChI=1S/C12H19NO4/c1-3-8-17-10(9-11(14)16-2)12(15)13-6-4-5-7-13/h3,10H,1,4-9H2,2H3/t10-/m1/s1. The number of rotatable bonds is 6. The van der Waals surface area contributed by atoms with Crippen molar-refractivity contribution in [3.63, 3.8) is 0 Å². The first-order valence-electron chi connectivity index (χ1n) is 5.77. The SMILES string of the molecule is C=CCO[C@H](CC(=O)OC)C(=O)N1CCCC1. The molecule has 0 bridgehead atoms. The van der Waals surface area contributed by atoms with Crippen LogP contribution < -0.4 is 0 Å². The highest BCUT2D eigenvalue weighted by atomic mass is 16.5. The van der Waals surface area contributed by atoms with Crippen LogP contribution in [0.2, 0.25) is 0 Å². The zero-order valence-corrected chi connectivity index (χ0v) is 10.2. The highest BCUT2D eigenvalue weighted by molar-refractivity contribution is 5.86. The van der Waals surface area contributed by atoms with Gasteiger partial charge in [0.2, 0.25) is 0 Å². The van der Waals surface area contributed by atoms with Crippen LogP contribution in [0.4, 0.5) is 0 Å². The van der Waals surface area contributed by atoms with Gasteiger partial charge in [-0.2, -0.15) is 0 Å². The normalized spacial score (nSPS) is 16.6. The van der Waals surface area contributed by atoms with Gasteiger partial charge in [-0.1, -0.05) is 6.08 Å². The average Bonchev–Trinajstić information content (AvgIpc) is 2.86. The van der Waals surface area contributed by atoms with E-state index >= 15 is 0 Å².